The molecule has 0 aliphatic heterocycles. The normalized spacial score (nSPS) is 25.2. The highest BCUT2D eigenvalue weighted by atomic mass is 32.2. The first-order chi connectivity index (χ1) is 9.18. The topological polar surface area (TPSA) is 57.6 Å². The zero-order valence-electron chi connectivity index (χ0n) is 11.2. The minimum Gasteiger partial charge on any atom is -0.273 e. The van der Waals surface area contributed by atoms with E-state index >= 15 is 0 Å². The van der Waals surface area contributed by atoms with Crippen molar-refractivity contribution in [1.82, 2.24) is 4.31 Å². The van der Waals surface area contributed by atoms with Crippen LogP contribution in [0.25, 0.3) is 0 Å². The standard InChI is InChI=1S/C12H12FNO3S/c1-2-7-14(18(15,16)17)12-10-6-4-3-5-9(10)8-11(12)13/h1,3-6,11-12H,7-8H2,(H,15,16,17)/t11-,12-/m0/s1/i7D2,13+0. The molecule has 0 amide bonds. The Morgan fingerprint density at radius 1 is 1.61 bits per heavy atom. The molecule has 0 saturated carbocycles. The molecule has 96 valence electrons. The Morgan fingerprint density at radius 2 is 2.28 bits per heavy atom. The summed E-state index contributed by atoms with van der Waals surface area (Å²) in [6.45, 7) is -2.83. The zero-order valence-corrected chi connectivity index (χ0v) is 10.1. The van der Waals surface area contributed by atoms with Crippen LogP contribution in [-0.2, 0) is 16.7 Å². The molecule has 0 heterocycles. The van der Waals surface area contributed by atoms with Crippen molar-refractivity contribution in [2.24, 2.45) is 0 Å². The summed E-state index contributed by atoms with van der Waals surface area (Å²) in [5.74, 6) is 1.63. The van der Waals surface area contributed by atoms with Crippen LogP contribution in [0, 0.1) is 12.3 Å². The fraction of sp³-hybridized carbons (Fsp3) is 0.333. The zero-order chi connectivity index (χ0) is 15.1. The van der Waals surface area contributed by atoms with Gasteiger partial charge in [-0.3, -0.25) is 4.55 Å². The summed E-state index contributed by atoms with van der Waals surface area (Å²) in [7, 11) is -5.02. The first-order valence-corrected chi connectivity index (χ1v) is 6.55. The van der Waals surface area contributed by atoms with E-state index in [2.05, 4.69) is 0 Å². The van der Waals surface area contributed by atoms with Crippen molar-refractivity contribution in [1.29, 1.82) is 0 Å². The Bertz CT molecular complexity index is 672. The molecule has 2 rings (SSSR count). The van der Waals surface area contributed by atoms with Crippen LogP contribution in [0.2, 0.25) is 0 Å². The van der Waals surface area contributed by atoms with Crippen LogP contribution in [0.3, 0.4) is 0 Å². The third-order valence-electron chi connectivity index (χ3n) is 2.81. The first kappa shape index (κ1) is 10.5. The number of benzene rings is 1. The van der Waals surface area contributed by atoms with Gasteiger partial charge < -0.3 is 0 Å². The quantitative estimate of drug-likeness (QED) is 0.667. The van der Waals surface area contributed by atoms with Crippen molar-refractivity contribution in [3.05, 3.63) is 35.4 Å². The van der Waals surface area contributed by atoms with Crippen LogP contribution >= 0.6 is 0 Å². The number of nitrogens with zero attached hydrogens (tertiary/aromatic N) is 1. The van der Waals surface area contributed by atoms with Gasteiger partial charge in [-0.05, 0) is 11.1 Å². The maximum Gasteiger partial charge on any atom is 0.337 e. The van der Waals surface area contributed by atoms with Gasteiger partial charge in [0.1, 0.15) is 6.17 Å². The Kier molecular flexibility index (Phi) is 2.73. The summed E-state index contributed by atoms with van der Waals surface area (Å²) in [6, 6.07) is 4.88. The van der Waals surface area contributed by atoms with Crippen molar-refractivity contribution < 1.29 is 20.1 Å². The highest BCUT2D eigenvalue weighted by Gasteiger charge is 2.41. The summed E-state index contributed by atoms with van der Waals surface area (Å²) in [4.78, 5) is 0. The Hall–Kier alpha value is -1.42. The molecule has 0 aromatic heterocycles. The Balaban J connectivity index is 2.60. The van der Waals surface area contributed by atoms with Crippen molar-refractivity contribution in [2.45, 2.75) is 18.6 Å². The molecular weight excluding hydrogens is 257 g/mol. The van der Waals surface area contributed by atoms with E-state index < -0.39 is 29.0 Å². The second-order valence-corrected chi connectivity index (χ2v) is 5.18. The summed E-state index contributed by atoms with van der Waals surface area (Å²) in [5.41, 5.74) is 0.864. The molecule has 6 heteroatoms. The average Bonchev–Trinajstić information content (AvgIpc) is 2.65. The van der Waals surface area contributed by atoms with E-state index in [-0.39, 0.29) is 10.7 Å². The molecule has 1 aliphatic carbocycles. The number of alkyl halides is 1. The largest absolute Gasteiger partial charge is 0.337 e. The van der Waals surface area contributed by atoms with E-state index in [0.717, 1.165) is 0 Å². The molecule has 1 aromatic rings. The minimum atomic E-state index is -5.02. The molecule has 0 radical (unpaired) electrons. The second-order valence-electron chi connectivity index (χ2n) is 3.89. The average molecular weight is 271 g/mol. The number of hydrogen-bond donors (Lipinski definition) is 1. The molecule has 1 aromatic carbocycles. The molecule has 18 heavy (non-hydrogen) atoms. The van der Waals surface area contributed by atoms with Gasteiger partial charge >= 0.3 is 10.3 Å². The lowest BCUT2D eigenvalue weighted by atomic mass is 10.1. The first-order valence-electron chi connectivity index (χ1n) is 6.15. The van der Waals surface area contributed by atoms with Gasteiger partial charge in [-0.15, -0.1) is 6.42 Å². The van der Waals surface area contributed by atoms with E-state index in [1.807, 2.05) is 0 Å². The monoisotopic (exact) mass is 271 g/mol. The third kappa shape index (κ3) is 2.25. The lowest BCUT2D eigenvalue weighted by Crippen LogP contribution is -2.37. The molecule has 2 atom stereocenters. The van der Waals surface area contributed by atoms with Crippen LogP contribution in [-0.4, -0.2) is 29.9 Å². The number of halogens is 1. The third-order valence-corrected chi connectivity index (χ3v) is 3.62. The van der Waals surface area contributed by atoms with Crippen LogP contribution < -0.4 is 0 Å². The van der Waals surface area contributed by atoms with Gasteiger partial charge in [0.05, 0.1) is 15.3 Å². The predicted octanol–water partition coefficient (Wildman–Crippen LogP) is 1.36. The van der Waals surface area contributed by atoms with Gasteiger partial charge in [0, 0.05) is 6.42 Å². The number of terminal acetylenes is 1. The van der Waals surface area contributed by atoms with Crippen molar-refractivity contribution in [3.63, 3.8) is 0 Å². The highest BCUT2D eigenvalue weighted by Crippen LogP contribution is 2.38. The predicted molar refractivity (Wildman–Crippen MR) is 64.9 cm³/mol. The number of hydrogen-bond acceptors (Lipinski definition) is 2. The van der Waals surface area contributed by atoms with E-state index in [4.69, 9.17) is 9.16 Å². The van der Waals surface area contributed by atoms with Crippen molar-refractivity contribution in [2.75, 3.05) is 6.50 Å². The van der Waals surface area contributed by atoms with Crippen molar-refractivity contribution >= 4 is 10.3 Å². The molecule has 0 unspecified atom stereocenters. The summed E-state index contributed by atoms with van der Waals surface area (Å²) < 4.78 is 61.4. The van der Waals surface area contributed by atoms with Crippen LogP contribution in [0.1, 0.15) is 19.9 Å². The highest BCUT2D eigenvalue weighted by molar-refractivity contribution is 7.83. The minimum absolute atomic E-state index is 0.0104. The van der Waals surface area contributed by atoms with Gasteiger partial charge in [-0.1, -0.05) is 30.2 Å². The molecule has 1 aliphatic rings. The van der Waals surface area contributed by atoms with E-state index in [1.165, 1.54) is 6.07 Å². The summed E-state index contributed by atoms with van der Waals surface area (Å²) in [5, 5.41) is 0. The Morgan fingerprint density at radius 3 is 2.89 bits per heavy atom. The number of fused-ring (bicyclic) bond motifs is 1. The second kappa shape index (κ2) is 4.69. The smallest absolute Gasteiger partial charge is 0.273 e. The van der Waals surface area contributed by atoms with Crippen LogP contribution in [0.15, 0.2) is 24.3 Å². The maximum atomic E-state index is 14.2. The van der Waals surface area contributed by atoms with Gasteiger partial charge in [0.25, 0.3) is 0 Å². The molecule has 0 bridgehead atoms. The molecule has 0 spiro atoms. The van der Waals surface area contributed by atoms with Gasteiger partial charge in [0.2, 0.25) is 0 Å². The van der Waals surface area contributed by atoms with Gasteiger partial charge in [-0.2, -0.15) is 12.7 Å². The number of rotatable bonds is 3. The summed E-state index contributed by atoms with van der Waals surface area (Å²) >= 11 is 0. The molecule has 1 N–H and O–H groups in total. The molecular formula is C12H12FNO3S. The maximum absolute atomic E-state index is 14.2. The van der Waals surface area contributed by atoms with Gasteiger partial charge in [0.15, 0.2) is 0 Å². The Labute approximate surface area is 108 Å². The fourth-order valence-electron chi connectivity index (χ4n) is 2.13. The van der Waals surface area contributed by atoms with Crippen LogP contribution in [0.5, 0.6) is 0 Å². The van der Waals surface area contributed by atoms with E-state index in [0.29, 0.717) is 11.1 Å². The van der Waals surface area contributed by atoms with Crippen molar-refractivity contribution in [3.8, 4) is 12.3 Å². The molecule has 0 saturated heterocycles. The fourth-order valence-corrected chi connectivity index (χ4v) is 2.83. The SMILES string of the molecule is [2H]C([2H])(C#C)N([C@H]1c2ccccc2C[C@@H]1[19F])S(=O)(=O)O. The van der Waals surface area contributed by atoms with Crippen LogP contribution in [0.4, 0.5) is 4.39 Å². The van der Waals surface area contributed by atoms with E-state index in [1.54, 1.807) is 24.1 Å². The van der Waals surface area contributed by atoms with E-state index in [9.17, 15) is 17.4 Å². The lowest BCUT2D eigenvalue weighted by molar-refractivity contribution is 0.196. The van der Waals surface area contributed by atoms with Gasteiger partial charge in [-0.25, -0.2) is 4.39 Å². The lowest BCUT2D eigenvalue weighted by Gasteiger charge is -2.25. The molecule has 0 fully saturated rings. The summed E-state index contributed by atoms with van der Waals surface area (Å²) in [6.07, 6.45) is 3.23. The molecule has 4 nitrogen and oxygen atoms in total.